The molecule has 0 amide bonds. The third kappa shape index (κ3) is 2.66. The largest absolute Gasteiger partial charge is 0.399 e. The second kappa shape index (κ2) is 5.20. The highest BCUT2D eigenvalue weighted by Crippen LogP contribution is 2.25. The fourth-order valence-electron chi connectivity index (χ4n) is 2.10. The second-order valence-electron chi connectivity index (χ2n) is 4.64. The van der Waals surface area contributed by atoms with Crippen LogP contribution in [0.2, 0.25) is 0 Å². The van der Waals surface area contributed by atoms with E-state index in [1.54, 1.807) is 35.0 Å². The van der Waals surface area contributed by atoms with E-state index in [-0.39, 0.29) is 5.82 Å². The Hall–Kier alpha value is -2.96. The normalized spacial score (nSPS) is 10.7. The first kappa shape index (κ1) is 13.0. The minimum absolute atomic E-state index is 0.297. The standard InChI is InChI=1S/C14H13FN6/c15-10-3-1-2-9(6-10)8-21-14(18-19-20-21)12-5-4-11(16)7-13(12)17/h1-7H,8,16-17H2. The molecule has 6 nitrogen and oxygen atoms in total. The number of tetrazole rings is 1. The maximum Gasteiger partial charge on any atom is 0.184 e. The summed E-state index contributed by atoms with van der Waals surface area (Å²) in [6.07, 6.45) is 0. The molecule has 7 heteroatoms. The number of nitrogens with two attached hydrogens (primary N) is 2. The average Bonchev–Trinajstić information content (AvgIpc) is 2.87. The van der Waals surface area contributed by atoms with Crippen molar-refractivity contribution in [2.75, 3.05) is 11.5 Å². The van der Waals surface area contributed by atoms with Gasteiger partial charge < -0.3 is 11.5 Å². The molecule has 0 radical (unpaired) electrons. The lowest BCUT2D eigenvalue weighted by molar-refractivity contribution is 0.615. The van der Waals surface area contributed by atoms with E-state index in [1.165, 1.54) is 12.1 Å². The van der Waals surface area contributed by atoms with Crippen molar-refractivity contribution in [2.24, 2.45) is 0 Å². The van der Waals surface area contributed by atoms with Gasteiger partial charge in [-0.3, -0.25) is 0 Å². The highest BCUT2D eigenvalue weighted by atomic mass is 19.1. The van der Waals surface area contributed by atoms with Crippen molar-refractivity contribution in [1.82, 2.24) is 20.2 Å². The van der Waals surface area contributed by atoms with Gasteiger partial charge in [-0.25, -0.2) is 9.07 Å². The highest BCUT2D eigenvalue weighted by molar-refractivity contribution is 5.74. The summed E-state index contributed by atoms with van der Waals surface area (Å²) in [4.78, 5) is 0. The fourth-order valence-corrected chi connectivity index (χ4v) is 2.10. The lowest BCUT2D eigenvalue weighted by Crippen LogP contribution is -2.06. The van der Waals surface area contributed by atoms with Crippen molar-refractivity contribution in [2.45, 2.75) is 6.54 Å². The molecule has 0 aliphatic rings. The number of rotatable bonds is 3. The van der Waals surface area contributed by atoms with Crippen molar-refractivity contribution < 1.29 is 4.39 Å². The van der Waals surface area contributed by atoms with Crippen LogP contribution in [-0.4, -0.2) is 20.2 Å². The molecule has 21 heavy (non-hydrogen) atoms. The number of hydrogen-bond donors (Lipinski definition) is 2. The van der Waals surface area contributed by atoms with Crippen molar-refractivity contribution in [3.05, 3.63) is 53.8 Å². The van der Waals surface area contributed by atoms with Crippen LogP contribution in [0.15, 0.2) is 42.5 Å². The van der Waals surface area contributed by atoms with Crippen molar-refractivity contribution in [1.29, 1.82) is 0 Å². The van der Waals surface area contributed by atoms with E-state index in [9.17, 15) is 4.39 Å². The Kier molecular flexibility index (Phi) is 3.23. The molecular weight excluding hydrogens is 271 g/mol. The Morgan fingerprint density at radius 2 is 1.95 bits per heavy atom. The van der Waals surface area contributed by atoms with Gasteiger partial charge in [-0.2, -0.15) is 0 Å². The second-order valence-corrected chi connectivity index (χ2v) is 4.64. The zero-order chi connectivity index (χ0) is 14.8. The van der Waals surface area contributed by atoms with Crippen LogP contribution in [0, 0.1) is 5.82 Å². The van der Waals surface area contributed by atoms with Gasteiger partial charge in [-0.05, 0) is 46.3 Å². The Balaban J connectivity index is 1.97. The number of aromatic nitrogens is 4. The molecule has 0 saturated carbocycles. The maximum atomic E-state index is 13.2. The van der Waals surface area contributed by atoms with Crippen LogP contribution in [0.5, 0.6) is 0 Å². The molecule has 0 aliphatic carbocycles. The van der Waals surface area contributed by atoms with Crippen LogP contribution in [-0.2, 0) is 6.54 Å². The van der Waals surface area contributed by atoms with Gasteiger partial charge in [-0.15, -0.1) is 5.10 Å². The minimum Gasteiger partial charge on any atom is -0.399 e. The molecule has 106 valence electrons. The predicted octanol–water partition coefficient (Wildman–Crippen LogP) is 1.69. The maximum absolute atomic E-state index is 13.2. The smallest absolute Gasteiger partial charge is 0.184 e. The molecule has 0 aliphatic heterocycles. The lowest BCUT2D eigenvalue weighted by Gasteiger charge is -2.08. The third-order valence-corrected chi connectivity index (χ3v) is 3.07. The number of hydrogen-bond acceptors (Lipinski definition) is 5. The van der Waals surface area contributed by atoms with Crippen LogP contribution in [0.3, 0.4) is 0 Å². The number of benzene rings is 2. The van der Waals surface area contributed by atoms with Crippen molar-refractivity contribution >= 4 is 11.4 Å². The Labute approximate surface area is 120 Å². The number of nitrogens with zero attached hydrogens (tertiary/aromatic N) is 4. The molecule has 0 bridgehead atoms. The summed E-state index contributed by atoms with van der Waals surface area (Å²) < 4.78 is 14.8. The Bertz CT molecular complexity index is 783. The predicted molar refractivity (Wildman–Crippen MR) is 77.6 cm³/mol. The van der Waals surface area contributed by atoms with E-state index in [4.69, 9.17) is 11.5 Å². The van der Waals surface area contributed by atoms with Crippen LogP contribution in [0.25, 0.3) is 11.4 Å². The van der Waals surface area contributed by atoms with E-state index >= 15 is 0 Å². The van der Waals surface area contributed by atoms with Gasteiger partial charge in [0.2, 0.25) is 0 Å². The van der Waals surface area contributed by atoms with Crippen LogP contribution in [0.1, 0.15) is 5.56 Å². The van der Waals surface area contributed by atoms with Crippen LogP contribution in [0.4, 0.5) is 15.8 Å². The molecule has 3 aromatic rings. The molecule has 4 N–H and O–H groups in total. The molecule has 0 atom stereocenters. The van der Waals surface area contributed by atoms with E-state index in [2.05, 4.69) is 15.5 Å². The quantitative estimate of drug-likeness (QED) is 0.713. The number of anilines is 2. The topological polar surface area (TPSA) is 95.6 Å². The Morgan fingerprint density at radius 1 is 1.10 bits per heavy atom. The third-order valence-electron chi connectivity index (χ3n) is 3.07. The first-order valence-electron chi connectivity index (χ1n) is 6.29. The average molecular weight is 284 g/mol. The molecule has 1 aromatic heterocycles. The molecular formula is C14H13FN6. The lowest BCUT2D eigenvalue weighted by atomic mass is 10.1. The highest BCUT2D eigenvalue weighted by Gasteiger charge is 2.12. The van der Waals surface area contributed by atoms with Crippen molar-refractivity contribution in [3.63, 3.8) is 0 Å². The summed E-state index contributed by atoms with van der Waals surface area (Å²) in [7, 11) is 0. The van der Waals surface area contributed by atoms with Gasteiger partial charge in [0, 0.05) is 16.9 Å². The monoisotopic (exact) mass is 284 g/mol. The van der Waals surface area contributed by atoms with Gasteiger partial charge in [0.1, 0.15) is 5.82 Å². The fraction of sp³-hybridized carbons (Fsp3) is 0.0714. The molecule has 0 unspecified atom stereocenters. The van der Waals surface area contributed by atoms with Gasteiger partial charge >= 0.3 is 0 Å². The molecule has 1 heterocycles. The summed E-state index contributed by atoms with van der Waals surface area (Å²) in [5.74, 6) is 0.214. The first-order valence-corrected chi connectivity index (χ1v) is 6.29. The van der Waals surface area contributed by atoms with Gasteiger partial charge in [0.15, 0.2) is 5.82 Å². The zero-order valence-corrected chi connectivity index (χ0v) is 11.1. The van der Waals surface area contributed by atoms with E-state index in [1.807, 2.05) is 0 Å². The molecule has 0 saturated heterocycles. The molecule has 0 fully saturated rings. The Morgan fingerprint density at radius 3 is 2.71 bits per heavy atom. The molecule has 2 aromatic carbocycles. The minimum atomic E-state index is -0.297. The summed E-state index contributed by atoms with van der Waals surface area (Å²) in [5.41, 5.74) is 14.1. The van der Waals surface area contributed by atoms with Crippen LogP contribution < -0.4 is 11.5 Å². The zero-order valence-electron chi connectivity index (χ0n) is 11.1. The van der Waals surface area contributed by atoms with E-state index in [0.29, 0.717) is 29.3 Å². The summed E-state index contributed by atoms with van der Waals surface area (Å²) >= 11 is 0. The van der Waals surface area contributed by atoms with Gasteiger partial charge in [0.25, 0.3) is 0 Å². The SMILES string of the molecule is Nc1ccc(-c2nnnn2Cc2cccc(F)c2)c(N)c1. The van der Waals surface area contributed by atoms with Crippen LogP contribution >= 0.6 is 0 Å². The van der Waals surface area contributed by atoms with Crippen molar-refractivity contribution in [3.8, 4) is 11.4 Å². The molecule has 3 rings (SSSR count). The van der Waals surface area contributed by atoms with E-state index < -0.39 is 0 Å². The summed E-state index contributed by atoms with van der Waals surface area (Å²) in [6, 6.07) is 11.4. The number of halogens is 1. The van der Waals surface area contributed by atoms with Gasteiger partial charge in [0.05, 0.1) is 6.54 Å². The summed E-state index contributed by atoms with van der Waals surface area (Å²) in [5, 5.41) is 11.6. The number of nitrogen functional groups attached to an aromatic ring is 2. The van der Waals surface area contributed by atoms with Gasteiger partial charge in [-0.1, -0.05) is 12.1 Å². The van der Waals surface area contributed by atoms with E-state index in [0.717, 1.165) is 5.56 Å². The summed E-state index contributed by atoms with van der Waals surface area (Å²) in [6.45, 7) is 0.351. The molecule has 0 spiro atoms. The first-order chi connectivity index (χ1) is 10.1.